The van der Waals surface area contributed by atoms with Crippen molar-refractivity contribution in [3.8, 4) is 5.82 Å². The van der Waals surface area contributed by atoms with E-state index >= 15 is 0 Å². The Morgan fingerprint density at radius 2 is 2.12 bits per heavy atom. The Kier molecular flexibility index (Phi) is 4.54. The van der Waals surface area contributed by atoms with Crippen molar-refractivity contribution in [1.29, 1.82) is 0 Å². The molecule has 2 heterocycles. The molecule has 90 valence electrons. The lowest BCUT2D eigenvalue weighted by atomic mass is 10.4. The normalized spacial score (nSPS) is 10.5. The number of aromatic nitrogens is 4. The summed E-state index contributed by atoms with van der Waals surface area (Å²) in [6.45, 7) is 3.03. The molecule has 5 nitrogen and oxygen atoms in total. The van der Waals surface area contributed by atoms with Crippen LogP contribution in [0.4, 0.5) is 5.82 Å². The zero-order valence-corrected chi connectivity index (χ0v) is 13.5. The Hall–Kier alpha value is -0.450. The lowest BCUT2D eigenvalue weighted by Crippen LogP contribution is -2.05. The van der Waals surface area contributed by atoms with Gasteiger partial charge in [0.05, 0.1) is 0 Å². The maximum absolute atomic E-state index is 4.26. The lowest BCUT2D eigenvalue weighted by molar-refractivity contribution is 0.932. The second kappa shape index (κ2) is 5.94. The molecule has 0 bridgehead atoms. The van der Waals surface area contributed by atoms with E-state index in [1.165, 1.54) is 0 Å². The van der Waals surface area contributed by atoms with E-state index in [1.807, 2.05) is 10.6 Å². The van der Waals surface area contributed by atoms with Crippen LogP contribution >= 0.6 is 45.2 Å². The fourth-order valence-corrected chi connectivity index (χ4v) is 2.20. The Labute approximate surface area is 127 Å². The van der Waals surface area contributed by atoms with Crippen molar-refractivity contribution in [2.45, 2.75) is 13.3 Å². The quantitative estimate of drug-likeness (QED) is 0.722. The topological polar surface area (TPSA) is 55.6 Å². The highest BCUT2D eigenvalue weighted by Crippen LogP contribution is 2.18. The van der Waals surface area contributed by atoms with Crippen LogP contribution < -0.4 is 5.32 Å². The van der Waals surface area contributed by atoms with E-state index in [-0.39, 0.29) is 0 Å². The summed E-state index contributed by atoms with van der Waals surface area (Å²) >= 11 is 4.46. The average molecular weight is 455 g/mol. The van der Waals surface area contributed by atoms with Gasteiger partial charge in [-0.05, 0) is 51.6 Å². The van der Waals surface area contributed by atoms with E-state index in [2.05, 4.69) is 72.4 Å². The van der Waals surface area contributed by atoms with Crippen molar-refractivity contribution >= 4 is 51.0 Å². The first-order chi connectivity index (χ1) is 8.22. The summed E-state index contributed by atoms with van der Waals surface area (Å²) in [5.74, 6) is 1.68. The molecule has 0 aliphatic heterocycles. The SMILES string of the molecule is CCCNc1cc(-n2cnc(I)c2I)ncn1. The summed E-state index contributed by atoms with van der Waals surface area (Å²) in [5.41, 5.74) is 0. The molecule has 0 fully saturated rings. The minimum Gasteiger partial charge on any atom is -0.370 e. The first-order valence-corrected chi connectivity index (χ1v) is 7.32. The van der Waals surface area contributed by atoms with Crippen LogP contribution in [-0.4, -0.2) is 26.1 Å². The number of imidazole rings is 1. The monoisotopic (exact) mass is 455 g/mol. The Balaban J connectivity index is 2.30. The van der Waals surface area contributed by atoms with Crippen LogP contribution in [0.1, 0.15) is 13.3 Å². The van der Waals surface area contributed by atoms with Crippen molar-refractivity contribution in [3.05, 3.63) is 26.1 Å². The van der Waals surface area contributed by atoms with Gasteiger partial charge in [0, 0.05) is 12.6 Å². The molecule has 0 aliphatic rings. The van der Waals surface area contributed by atoms with Gasteiger partial charge >= 0.3 is 0 Å². The predicted octanol–water partition coefficient (Wildman–Crippen LogP) is 2.69. The number of halogens is 2. The molecule has 0 aliphatic carbocycles. The molecule has 1 N–H and O–H groups in total. The van der Waals surface area contributed by atoms with E-state index in [1.54, 1.807) is 12.7 Å². The van der Waals surface area contributed by atoms with Gasteiger partial charge in [0.1, 0.15) is 31.7 Å². The molecular weight excluding hydrogens is 444 g/mol. The number of hydrogen-bond acceptors (Lipinski definition) is 4. The van der Waals surface area contributed by atoms with E-state index < -0.39 is 0 Å². The maximum Gasteiger partial charge on any atom is 0.144 e. The number of nitrogens with zero attached hydrogens (tertiary/aromatic N) is 4. The van der Waals surface area contributed by atoms with Crippen LogP contribution in [0.5, 0.6) is 0 Å². The number of rotatable bonds is 4. The summed E-state index contributed by atoms with van der Waals surface area (Å²) in [7, 11) is 0. The average Bonchev–Trinajstić information content (AvgIpc) is 2.68. The minimum absolute atomic E-state index is 0.832. The van der Waals surface area contributed by atoms with Gasteiger partial charge in [-0.3, -0.25) is 4.57 Å². The first kappa shape index (κ1) is 13.0. The van der Waals surface area contributed by atoms with Crippen LogP contribution in [0.25, 0.3) is 5.82 Å². The van der Waals surface area contributed by atoms with Gasteiger partial charge in [0.15, 0.2) is 0 Å². The third kappa shape index (κ3) is 3.06. The molecule has 0 atom stereocenters. The van der Waals surface area contributed by atoms with Crippen LogP contribution in [0.15, 0.2) is 18.7 Å². The van der Waals surface area contributed by atoms with Gasteiger partial charge in [-0.15, -0.1) is 0 Å². The van der Waals surface area contributed by atoms with Crippen LogP contribution in [0.3, 0.4) is 0 Å². The lowest BCUT2D eigenvalue weighted by Gasteiger charge is -2.06. The molecule has 7 heteroatoms. The zero-order chi connectivity index (χ0) is 12.3. The predicted molar refractivity (Wildman–Crippen MR) is 83.4 cm³/mol. The molecule has 0 aromatic carbocycles. The molecular formula is C10H11I2N5. The highest BCUT2D eigenvalue weighted by Gasteiger charge is 2.08. The third-order valence-corrected chi connectivity index (χ3v) is 4.98. The molecule has 2 rings (SSSR count). The maximum atomic E-state index is 4.26. The standard InChI is InChI=1S/C10H11I2N5/c1-2-3-13-7-4-8(15-5-14-7)17-6-16-9(11)10(17)12/h4-6H,2-3H2,1H3,(H,13,14,15). The van der Waals surface area contributed by atoms with Crippen molar-refractivity contribution in [2.75, 3.05) is 11.9 Å². The first-order valence-electron chi connectivity index (χ1n) is 5.17. The van der Waals surface area contributed by atoms with Gasteiger partial charge < -0.3 is 5.32 Å². The second-order valence-corrected chi connectivity index (χ2v) is 5.43. The molecule has 0 saturated heterocycles. The van der Waals surface area contributed by atoms with Gasteiger partial charge in [0.25, 0.3) is 0 Å². The van der Waals surface area contributed by atoms with Crippen LogP contribution in [0.2, 0.25) is 0 Å². The van der Waals surface area contributed by atoms with E-state index in [0.717, 1.165) is 32.0 Å². The van der Waals surface area contributed by atoms with E-state index in [0.29, 0.717) is 0 Å². The highest BCUT2D eigenvalue weighted by atomic mass is 127. The Morgan fingerprint density at radius 1 is 1.29 bits per heavy atom. The smallest absolute Gasteiger partial charge is 0.144 e. The van der Waals surface area contributed by atoms with Gasteiger partial charge in [-0.1, -0.05) is 6.92 Å². The number of hydrogen-bond donors (Lipinski definition) is 1. The van der Waals surface area contributed by atoms with Crippen molar-refractivity contribution in [1.82, 2.24) is 19.5 Å². The summed E-state index contributed by atoms with van der Waals surface area (Å²) in [6.07, 6.45) is 4.41. The molecule has 2 aromatic rings. The van der Waals surface area contributed by atoms with Crippen LogP contribution in [-0.2, 0) is 0 Å². The summed E-state index contributed by atoms with van der Waals surface area (Å²) in [5, 5.41) is 3.24. The Morgan fingerprint density at radius 3 is 2.76 bits per heavy atom. The van der Waals surface area contributed by atoms with Gasteiger partial charge in [0.2, 0.25) is 0 Å². The Bertz CT molecular complexity index is 511. The third-order valence-electron chi connectivity index (χ3n) is 2.12. The molecule has 0 spiro atoms. The summed E-state index contributed by atoms with van der Waals surface area (Å²) < 4.78 is 3.98. The molecule has 0 amide bonds. The molecule has 2 aromatic heterocycles. The summed E-state index contributed by atoms with van der Waals surface area (Å²) in [6, 6.07) is 1.93. The van der Waals surface area contributed by atoms with Gasteiger partial charge in [-0.25, -0.2) is 15.0 Å². The van der Waals surface area contributed by atoms with Crippen molar-refractivity contribution in [2.24, 2.45) is 0 Å². The molecule has 0 saturated carbocycles. The fourth-order valence-electron chi connectivity index (χ4n) is 1.30. The second-order valence-electron chi connectivity index (χ2n) is 3.38. The fraction of sp³-hybridized carbons (Fsp3) is 0.300. The van der Waals surface area contributed by atoms with E-state index in [9.17, 15) is 0 Å². The van der Waals surface area contributed by atoms with Crippen molar-refractivity contribution in [3.63, 3.8) is 0 Å². The zero-order valence-electron chi connectivity index (χ0n) is 9.19. The van der Waals surface area contributed by atoms with Crippen LogP contribution in [0, 0.1) is 7.40 Å². The molecule has 0 radical (unpaired) electrons. The molecule has 0 unspecified atom stereocenters. The number of nitrogens with one attached hydrogen (secondary N) is 1. The minimum atomic E-state index is 0.832. The number of anilines is 1. The molecule has 17 heavy (non-hydrogen) atoms. The largest absolute Gasteiger partial charge is 0.370 e. The summed E-state index contributed by atoms with van der Waals surface area (Å²) in [4.78, 5) is 12.7. The van der Waals surface area contributed by atoms with E-state index in [4.69, 9.17) is 0 Å². The van der Waals surface area contributed by atoms with Crippen molar-refractivity contribution < 1.29 is 0 Å². The highest BCUT2D eigenvalue weighted by molar-refractivity contribution is 14.1. The van der Waals surface area contributed by atoms with Gasteiger partial charge in [-0.2, -0.15) is 0 Å².